The second-order valence-corrected chi connectivity index (χ2v) is 1.94. The summed E-state index contributed by atoms with van der Waals surface area (Å²) in [5, 5.41) is 3.33. The first kappa shape index (κ1) is 6.86. The molecule has 3 nitrogen and oxygen atoms in total. The summed E-state index contributed by atoms with van der Waals surface area (Å²) < 4.78 is 5.24. The van der Waals surface area contributed by atoms with Crippen molar-refractivity contribution in [1.29, 1.82) is 0 Å². The van der Waals surface area contributed by atoms with E-state index in [0.717, 1.165) is 12.2 Å². The van der Waals surface area contributed by atoms with E-state index in [9.17, 15) is 0 Å². The normalized spacial score (nSPS) is 10.9. The zero-order valence-corrected chi connectivity index (χ0v) is 5.87. The molecule has 0 atom stereocenters. The van der Waals surface area contributed by atoms with E-state index in [2.05, 4.69) is 5.10 Å². The maximum absolute atomic E-state index is 5.24. The Hall–Kier alpha value is -1.25. The monoisotopic (exact) mass is 138 g/mol. The third-order valence-corrected chi connectivity index (χ3v) is 1.23. The van der Waals surface area contributed by atoms with Crippen LogP contribution in [0.25, 0.3) is 0 Å². The molecule has 0 spiro atoms. The molecule has 0 aliphatic heterocycles. The molecule has 0 amide bonds. The van der Waals surface area contributed by atoms with Crippen molar-refractivity contribution in [2.24, 2.45) is 10.9 Å². The molecule has 0 fully saturated rings. The quantitative estimate of drug-likeness (QED) is 0.378. The number of rotatable bonds is 2. The van der Waals surface area contributed by atoms with Crippen molar-refractivity contribution in [3.8, 4) is 0 Å². The van der Waals surface area contributed by atoms with Gasteiger partial charge in [-0.25, -0.2) is 0 Å². The Bertz CT molecular complexity index is 227. The Morgan fingerprint density at radius 3 is 3.00 bits per heavy atom. The van der Waals surface area contributed by atoms with E-state index in [4.69, 9.17) is 10.3 Å². The van der Waals surface area contributed by atoms with Crippen LogP contribution in [0.4, 0.5) is 0 Å². The van der Waals surface area contributed by atoms with Gasteiger partial charge < -0.3 is 10.3 Å². The average Bonchev–Trinajstić information content (AvgIpc) is 2.37. The minimum absolute atomic E-state index is 0.708. The Morgan fingerprint density at radius 2 is 2.50 bits per heavy atom. The number of hydrogen-bond acceptors (Lipinski definition) is 3. The molecule has 1 heterocycles. The molecule has 0 aromatic carbocycles. The van der Waals surface area contributed by atoms with Gasteiger partial charge in [-0.3, -0.25) is 0 Å². The van der Waals surface area contributed by atoms with Gasteiger partial charge in [0.05, 0.1) is 6.21 Å². The summed E-state index contributed by atoms with van der Waals surface area (Å²) in [4.78, 5) is 0. The molecule has 3 heteroatoms. The fourth-order valence-corrected chi connectivity index (χ4v) is 0.727. The van der Waals surface area contributed by atoms with Crippen LogP contribution in [0.3, 0.4) is 0 Å². The Kier molecular flexibility index (Phi) is 2.10. The van der Waals surface area contributed by atoms with Crippen molar-refractivity contribution in [3.05, 3.63) is 23.7 Å². The Balaban J connectivity index is 2.78. The minimum atomic E-state index is 0.708. The molecule has 0 bridgehead atoms. The van der Waals surface area contributed by atoms with Crippen LogP contribution in [0, 0.1) is 0 Å². The second-order valence-electron chi connectivity index (χ2n) is 1.94. The van der Waals surface area contributed by atoms with Crippen LogP contribution in [-0.2, 0) is 6.42 Å². The third-order valence-electron chi connectivity index (χ3n) is 1.23. The van der Waals surface area contributed by atoms with Gasteiger partial charge in [0.15, 0.2) is 0 Å². The van der Waals surface area contributed by atoms with E-state index in [0.29, 0.717) is 5.76 Å². The van der Waals surface area contributed by atoms with E-state index in [1.54, 1.807) is 0 Å². The summed E-state index contributed by atoms with van der Waals surface area (Å²) in [7, 11) is 0. The fraction of sp³-hybridized carbons (Fsp3) is 0.286. The second kappa shape index (κ2) is 3.06. The number of nitrogens with two attached hydrogens (primary N) is 1. The highest BCUT2D eigenvalue weighted by Crippen LogP contribution is 2.05. The van der Waals surface area contributed by atoms with Gasteiger partial charge in [-0.2, -0.15) is 5.10 Å². The maximum Gasteiger partial charge on any atom is 0.147 e. The lowest BCUT2D eigenvalue weighted by Gasteiger charge is -1.84. The molecule has 0 saturated carbocycles. The zero-order valence-electron chi connectivity index (χ0n) is 5.87. The van der Waals surface area contributed by atoms with E-state index in [-0.39, 0.29) is 0 Å². The van der Waals surface area contributed by atoms with Crippen LogP contribution in [0.15, 0.2) is 21.7 Å². The summed E-state index contributed by atoms with van der Waals surface area (Å²) in [5.41, 5.74) is 0. The van der Waals surface area contributed by atoms with Gasteiger partial charge >= 0.3 is 0 Å². The van der Waals surface area contributed by atoms with Crippen molar-refractivity contribution in [2.75, 3.05) is 0 Å². The molecule has 2 N–H and O–H groups in total. The van der Waals surface area contributed by atoms with E-state index in [1.165, 1.54) is 6.21 Å². The molecule has 10 heavy (non-hydrogen) atoms. The van der Waals surface area contributed by atoms with Crippen LogP contribution >= 0.6 is 0 Å². The maximum atomic E-state index is 5.24. The van der Waals surface area contributed by atoms with Crippen LogP contribution in [0.5, 0.6) is 0 Å². The lowest BCUT2D eigenvalue weighted by Crippen LogP contribution is -1.82. The first-order chi connectivity index (χ1) is 4.86. The Morgan fingerprint density at radius 1 is 1.70 bits per heavy atom. The van der Waals surface area contributed by atoms with Crippen molar-refractivity contribution >= 4 is 6.21 Å². The standard InChI is InChI=1S/C7H10N2O/c1-2-6-3-4-7(10-6)5-9-8/h3-5H,2,8H2,1H3/b9-5+. The lowest BCUT2D eigenvalue weighted by molar-refractivity contribution is 0.510. The molecule has 54 valence electrons. The third kappa shape index (κ3) is 1.37. The first-order valence-corrected chi connectivity index (χ1v) is 3.18. The summed E-state index contributed by atoms with van der Waals surface area (Å²) in [6.07, 6.45) is 2.39. The van der Waals surface area contributed by atoms with Crippen molar-refractivity contribution in [3.63, 3.8) is 0 Å². The summed E-state index contributed by atoms with van der Waals surface area (Å²) in [6.45, 7) is 2.03. The van der Waals surface area contributed by atoms with Crippen LogP contribution in [0.1, 0.15) is 18.4 Å². The molecule has 0 saturated heterocycles. The number of hydrazone groups is 1. The molecule has 0 unspecified atom stereocenters. The van der Waals surface area contributed by atoms with Crippen LogP contribution in [-0.4, -0.2) is 6.21 Å². The minimum Gasteiger partial charge on any atom is -0.460 e. The number of aryl methyl sites for hydroxylation is 1. The smallest absolute Gasteiger partial charge is 0.147 e. The van der Waals surface area contributed by atoms with Gasteiger partial charge in [-0.15, -0.1) is 0 Å². The van der Waals surface area contributed by atoms with Gasteiger partial charge in [0.2, 0.25) is 0 Å². The van der Waals surface area contributed by atoms with Gasteiger partial charge in [-0.05, 0) is 12.1 Å². The SMILES string of the molecule is CCc1ccc(/C=N/N)o1. The largest absolute Gasteiger partial charge is 0.460 e. The predicted octanol–water partition coefficient (Wildman–Crippen LogP) is 1.13. The fourth-order valence-electron chi connectivity index (χ4n) is 0.727. The molecule has 0 aliphatic carbocycles. The van der Waals surface area contributed by atoms with Crippen LogP contribution in [0.2, 0.25) is 0 Å². The average molecular weight is 138 g/mol. The molecule has 0 radical (unpaired) electrons. The van der Waals surface area contributed by atoms with Gasteiger partial charge in [0.25, 0.3) is 0 Å². The highest BCUT2D eigenvalue weighted by atomic mass is 16.3. The molecular weight excluding hydrogens is 128 g/mol. The van der Waals surface area contributed by atoms with Gasteiger partial charge in [0.1, 0.15) is 11.5 Å². The van der Waals surface area contributed by atoms with Crippen molar-refractivity contribution < 1.29 is 4.42 Å². The van der Waals surface area contributed by atoms with Gasteiger partial charge in [0, 0.05) is 6.42 Å². The van der Waals surface area contributed by atoms with Crippen molar-refractivity contribution in [1.82, 2.24) is 0 Å². The molecule has 1 aromatic rings. The summed E-state index contributed by atoms with van der Waals surface area (Å²) in [5.74, 6) is 6.58. The highest BCUT2D eigenvalue weighted by Gasteiger charge is 1.94. The number of furan rings is 1. The molecule has 1 rings (SSSR count). The lowest BCUT2D eigenvalue weighted by atomic mass is 10.4. The predicted molar refractivity (Wildman–Crippen MR) is 39.9 cm³/mol. The van der Waals surface area contributed by atoms with Crippen LogP contribution < -0.4 is 5.84 Å². The zero-order chi connectivity index (χ0) is 7.40. The molecule has 0 aliphatic rings. The first-order valence-electron chi connectivity index (χ1n) is 3.18. The van der Waals surface area contributed by atoms with E-state index in [1.807, 2.05) is 19.1 Å². The van der Waals surface area contributed by atoms with E-state index >= 15 is 0 Å². The van der Waals surface area contributed by atoms with Crippen molar-refractivity contribution in [2.45, 2.75) is 13.3 Å². The topological polar surface area (TPSA) is 51.5 Å². The molecule has 1 aromatic heterocycles. The number of hydrogen-bond donors (Lipinski definition) is 1. The van der Waals surface area contributed by atoms with Gasteiger partial charge in [-0.1, -0.05) is 6.92 Å². The highest BCUT2D eigenvalue weighted by molar-refractivity contribution is 5.75. The number of nitrogens with zero attached hydrogens (tertiary/aromatic N) is 1. The Labute approximate surface area is 59.5 Å². The summed E-state index contributed by atoms with van der Waals surface area (Å²) >= 11 is 0. The molecular formula is C7H10N2O. The summed E-state index contributed by atoms with van der Waals surface area (Å²) in [6, 6.07) is 3.76. The van der Waals surface area contributed by atoms with E-state index < -0.39 is 0 Å².